The molecule has 0 aliphatic rings. The van der Waals surface area contributed by atoms with Gasteiger partial charge < -0.3 is 5.32 Å². The molecule has 0 saturated carbocycles. The minimum Gasteiger partial charge on any atom is -0.352 e. The monoisotopic (exact) mass is 298 g/mol. The van der Waals surface area contributed by atoms with Gasteiger partial charge in [-0.25, -0.2) is 0 Å². The summed E-state index contributed by atoms with van der Waals surface area (Å²) < 4.78 is 0. The Hall–Kier alpha value is -1.62. The molecular formula is C14H19ClN2O3. The minimum atomic E-state index is -0.573. The molecule has 1 aromatic carbocycles. The van der Waals surface area contributed by atoms with Crippen molar-refractivity contribution in [3.8, 4) is 0 Å². The van der Waals surface area contributed by atoms with Gasteiger partial charge in [0, 0.05) is 18.2 Å². The molecule has 0 spiro atoms. The number of unbranched alkanes of at least 4 members (excludes halogenated alkanes) is 1. The van der Waals surface area contributed by atoms with Crippen LogP contribution >= 0.6 is 11.6 Å². The molecule has 6 heteroatoms. The SMILES string of the molecule is CC(C)CCCCNC(=O)c1ccc([N+](=O)[O-])c(Cl)c1. The molecule has 1 aromatic rings. The average Bonchev–Trinajstić information content (AvgIpc) is 2.37. The van der Waals surface area contributed by atoms with Crippen molar-refractivity contribution in [2.24, 2.45) is 5.92 Å². The third kappa shape index (κ3) is 5.17. The molecule has 20 heavy (non-hydrogen) atoms. The van der Waals surface area contributed by atoms with Crippen LogP contribution in [0.25, 0.3) is 0 Å². The van der Waals surface area contributed by atoms with Crippen LogP contribution in [0.15, 0.2) is 18.2 Å². The van der Waals surface area contributed by atoms with E-state index in [1.54, 1.807) is 0 Å². The lowest BCUT2D eigenvalue weighted by Crippen LogP contribution is -2.24. The summed E-state index contributed by atoms with van der Waals surface area (Å²) in [6.45, 7) is 4.93. The van der Waals surface area contributed by atoms with Gasteiger partial charge in [-0.1, -0.05) is 38.3 Å². The van der Waals surface area contributed by atoms with Gasteiger partial charge in [0.15, 0.2) is 0 Å². The topological polar surface area (TPSA) is 72.2 Å². The fraction of sp³-hybridized carbons (Fsp3) is 0.500. The first kappa shape index (κ1) is 16.4. The maximum Gasteiger partial charge on any atom is 0.287 e. The lowest BCUT2D eigenvalue weighted by molar-refractivity contribution is -0.384. The molecule has 110 valence electrons. The second-order valence-corrected chi connectivity index (χ2v) is 5.48. The van der Waals surface area contributed by atoms with Crippen LogP contribution in [0, 0.1) is 16.0 Å². The van der Waals surface area contributed by atoms with E-state index in [9.17, 15) is 14.9 Å². The van der Waals surface area contributed by atoms with Gasteiger partial charge >= 0.3 is 0 Å². The van der Waals surface area contributed by atoms with Crippen LogP contribution in [-0.4, -0.2) is 17.4 Å². The van der Waals surface area contributed by atoms with Gasteiger partial charge in [-0.2, -0.15) is 0 Å². The Balaban J connectivity index is 2.48. The molecule has 1 N–H and O–H groups in total. The molecule has 0 atom stereocenters. The molecule has 0 radical (unpaired) electrons. The zero-order valence-electron chi connectivity index (χ0n) is 11.7. The van der Waals surface area contributed by atoms with Crippen molar-refractivity contribution in [3.05, 3.63) is 38.9 Å². The third-order valence-electron chi connectivity index (χ3n) is 2.90. The van der Waals surface area contributed by atoms with Crippen molar-refractivity contribution in [2.45, 2.75) is 33.1 Å². The van der Waals surface area contributed by atoms with E-state index < -0.39 is 4.92 Å². The van der Waals surface area contributed by atoms with Gasteiger partial charge in [-0.05, 0) is 24.5 Å². The molecule has 5 nitrogen and oxygen atoms in total. The Morgan fingerprint density at radius 3 is 2.65 bits per heavy atom. The van der Waals surface area contributed by atoms with Crippen molar-refractivity contribution < 1.29 is 9.72 Å². The average molecular weight is 299 g/mol. The Morgan fingerprint density at radius 2 is 2.10 bits per heavy atom. The summed E-state index contributed by atoms with van der Waals surface area (Å²) >= 11 is 5.77. The van der Waals surface area contributed by atoms with Crippen LogP contribution in [0.2, 0.25) is 5.02 Å². The number of nitro benzene ring substituents is 1. The highest BCUT2D eigenvalue weighted by atomic mass is 35.5. The Bertz CT molecular complexity index is 489. The molecule has 1 rings (SSSR count). The first-order chi connectivity index (χ1) is 9.41. The second-order valence-electron chi connectivity index (χ2n) is 5.07. The standard InChI is InChI=1S/C14H19ClN2O3/c1-10(2)5-3-4-8-16-14(18)11-6-7-13(17(19)20)12(15)9-11/h6-7,9-10H,3-5,8H2,1-2H3,(H,16,18). The maximum absolute atomic E-state index is 11.8. The summed E-state index contributed by atoms with van der Waals surface area (Å²) in [7, 11) is 0. The predicted octanol–water partition coefficient (Wildman–Crippen LogP) is 3.80. The molecule has 0 unspecified atom stereocenters. The summed E-state index contributed by atoms with van der Waals surface area (Å²) in [4.78, 5) is 21.9. The van der Waals surface area contributed by atoms with Crippen LogP contribution in [0.1, 0.15) is 43.5 Å². The van der Waals surface area contributed by atoms with Crippen LogP contribution in [0.4, 0.5) is 5.69 Å². The number of amides is 1. The van der Waals surface area contributed by atoms with Crippen LogP contribution in [0.3, 0.4) is 0 Å². The van der Waals surface area contributed by atoms with Crippen molar-refractivity contribution >= 4 is 23.2 Å². The molecular weight excluding hydrogens is 280 g/mol. The van der Waals surface area contributed by atoms with Crippen LogP contribution in [0.5, 0.6) is 0 Å². The number of carbonyl (C=O) groups is 1. The number of hydrogen-bond acceptors (Lipinski definition) is 3. The molecule has 1 amide bonds. The summed E-state index contributed by atoms with van der Waals surface area (Å²) in [6, 6.07) is 3.98. The van der Waals surface area contributed by atoms with Crippen LogP contribution < -0.4 is 5.32 Å². The first-order valence-corrected chi connectivity index (χ1v) is 7.01. The highest BCUT2D eigenvalue weighted by Gasteiger charge is 2.14. The number of rotatable bonds is 7. The molecule has 0 fully saturated rings. The Labute approximate surface area is 123 Å². The summed E-state index contributed by atoms with van der Waals surface area (Å²) in [6.07, 6.45) is 3.13. The lowest BCUT2D eigenvalue weighted by Gasteiger charge is -2.07. The predicted molar refractivity (Wildman–Crippen MR) is 79.1 cm³/mol. The van der Waals surface area contributed by atoms with E-state index >= 15 is 0 Å². The largest absolute Gasteiger partial charge is 0.352 e. The van der Waals surface area contributed by atoms with Gasteiger partial charge in [0.2, 0.25) is 0 Å². The minimum absolute atomic E-state index is 0.0255. The van der Waals surface area contributed by atoms with E-state index in [4.69, 9.17) is 11.6 Å². The van der Waals surface area contributed by atoms with E-state index in [0.717, 1.165) is 19.3 Å². The molecule has 0 heterocycles. The van der Waals surface area contributed by atoms with E-state index in [1.807, 2.05) is 0 Å². The zero-order valence-corrected chi connectivity index (χ0v) is 12.4. The van der Waals surface area contributed by atoms with E-state index in [1.165, 1.54) is 18.2 Å². The van der Waals surface area contributed by atoms with Crippen molar-refractivity contribution in [2.75, 3.05) is 6.54 Å². The Morgan fingerprint density at radius 1 is 1.40 bits per heavy atom. The number of benzene rings is 1. The third-order valence-corrected chi connectivity index (χ3v) is 3.20. The Kier molecular flexibility index (Phi) is 6.45. The number of nitrogens with one attached hydrogen (secondary N) is 1. The summed E-state index contributed by atoms with van der Waals surface area (Å²) in [5.74, 6) is 0.408. The molecule has 0 aliphatic heterocycles. The lowest BCUT2D eigenvalue weighted by atomic mass is 10.1. The van der Waals surface area contributed by atoms with Gasteiger partial charge in [-0.3, -0.25) is 14.9 Å². The highest BCUT2D eigenvalue weighted by molar-refractivity contribution is 6.33. The second kappa shape index (κ2) is 7.85. The highest BCUT2D eigenvalue weighted by Crippen LogP contribution is 2.24. The normalized spacial score (nSPS) is 10.6. The number of hydrogen-bond donors (Lipinski definition) is 1. The fourth-order valence-corrected chi connectivity index (χ4v) is 2.03. The number of carbonyl (C=O) groups excluding carboxylic acids is 1. The van der Waals surface area contributed by atoms with Crippen LogP contribution in [-0.2, 0) is 0 Å². The first-order valence-electron chi connectivity index (χ1n) is 6.64. The molecule has 0 saturated heterocycles. The van der Waals surface area contributed by atoms with E-state index in [-0.39, 0.29) is 16.6 Å². The van der Waals surface area contributed by atoms with Gasteiger partial charge in [0.25, 0.3) is 11.6 Å². The smallest absolute Gasteiger partial charge is 0.287 e. The van der Waals surface area contributed by atoms with E-state index in [0.29, 0.717) is 18.0 Å². The quantitative estimate of drug-likeness (QED) is 0.473. The number of nitro groups is 1. The van der Waals surface area contributed by atoms with E-state index in [2.05, 4.69) is 19.2 Å². The van der Waals surface area contributed by atoms with Gasteiger partial charge in [0.1, 0.15) is 5.02 Å². The van der Waals surface area contributed by atoms with Crippen molar-refractivity contribution in [3.63, 3.8) is 0 Å². The fourth-order valence-electron chi connectivity index (χ4n) is 1.78. The summed E-state index contributed by atoms with van der Waals surface area (Å²) in [5, 5.41) is 13.4. The number of nitrogens with zero attached hydrogens (tertiary/aromatic N) is 1. The summed E-state index contributed by atoms with van der Waals surface area (Å²) in [5.41, 5.74) is 0.143. The van der Waals surface area contributed by atoms with Gasteiger partial charge in [0.05, 0.1) is 4.92 Å². The number of halogens is 1. The van der Waals surface area contributed by atoms with Crippen molar-refractivity contribution in [1.29, 1.82) is 0 Å². The van der Waals surface area contributed by atoms with Gasteiger partial charge in [-0.15, -0.1) is 0 Å². The molecule has 0 bridgehead atoms. The van der Waals surface area contributed by atoms with Crippen molar-refractivity contribution in [1.82, 2.24) is 5.32 Å². The maximum atomic E-state index is 11.8. The molecule has 0 aromatic heterocycles. The molecule has 0 aliphatic carbocycles. The zero-order chi connectivity index (χ0) is 15.1.